The summed E-state index contributed by atoms with van der Waals surface area (Å²) in [6.07, 6.45) is -2.39. The van der Waals surface area contributed by atoms with Crippen molar-refractivity contribution in [3.8, 4) is 28.2 Å². The third-order valence-electron chi connectivity index (χ3n) is 5.67. The molecule has 0 unspecified atom stereocenters. The number of para-hydroxylation sites is 1. The predicted octanol–water partition coefficient (Wildman–Crippen LogP) is 7.69. The highest BCUT2D eigenvalue weighted by atomic mass is 19.4. The fraction of sp³-hybridized carbons (Fsp3) is 0.0741. The molecule has 2 aromatic heterocycles. The van der Waals surface area contributed by atoms with E-state index in [0.717, 1.165) is 51.2 Å². The molecule has 0 radical (unpaired) electrons. The first-order valence-electron chi connectivity index (χ1n) is 10.2. The lowest BCUT2D eigenvalue weighted by molar-refractivity contribution is -0.137. The molecule has 0 amide bonds. The van der Waals surface area contributed by atoms with E-state index in [-0.39, 0.29) is 0 Å². The van der Waals surface area contributed by atoms with Crippen molar-refractivity contribution in [1.29, 1.82) is 0 Å². The summed E-state index contributed by atoms with van der Waals surface area (Å²) in [5, 5.41) is 1.09. The zero-order valence-electron chi connectivity index (χ0n) is 17.3. The van der Waals surface area contributed by atoms with Gasteiger partial charge in [0.2, 0.25) is 0 Å². The quantitative estimate of drug-likeness (QED) is 0.288. The van der Waals surface area contributed by atoms with Gasteiger partial charge < -0.3 is 4.57 Å². The zero-order chi connectivity index (χ0) is 22.3. The first kappa shape index (κ1) is 20.1. The minimum absolute atomic E-state index is 0.659. The van der Waals surface area contributed by atoms with Gasteiger partial charge in [0.05, 0.1) is 16.8 Å². The van der Waals surface area contributed by atoms with Gasteiger partial charge in [0.25, 0.3) is 0 Å². The highest BCUT2D eigenvalue weighted by Crippen LogP contribution is 2.35. The van der Waals surface area contributed by atoms with E-state index in [0.29, 0.717) is 5.56 Å². The van der Waals surface area contributed by atoms with Gasteiger partial charge in [0, 0.05) is 17.3 Å². The SMILES string of the molecule is Cc1c(-c2ccc(C(F)(F)F)cc2)cc(-c2ccccc2)nc1-n1ccc2ccccc21. The van der Waals surface area contributed by atoms with Crippen molar-refractivity contribution in [1.82, 2.24) is 9.55 Å². The summed E-state index contributed by atoms with van der Waals surface area (Å²) in [5.74, 6) is 0.752. The van der Waals surface area contributed by atoms with Crippen LogP contribution in [0.15, 0.2) is 97.2 Å². The Kier molecular flexibility index (Phi) is 4.82. The molecule has 158 valence electrons. The maximum Gasteiger partial charge on any atom is 0.416 e. The van der Waals surface area contributed by atoms with Crippen LogP contribution in [0, 0.1) is 6.92 Å². The molecule has 0 saturated carbocycles. The van der Waals surface area contributed by atoms with Crippen molar-refractivity contribution in [3.05, 3.63) is 108 Å². The lowest BCUT2D eigenvalue weighted by Gasteiger charge is -2.16. The van der Waals surface area contributed by atoms with Gasteiger partial charge in [-0.05, 0) is 53.8 Å². The number of hydrogen-bond donors (Lipinski definition) is 0. The summed E-state index contributed by atoms with van der Waals surface area (Å²) in [7, 11) is 0. The average molecular weight is 428 g/mol. The number of pyridine rings is 1. The number of alkyl halides is 3. The second kappa shape index (κ2) is 7.68. The fourth-order valence-electron chi connectivity index (χ4n) is 3.99. The molecule has 0 spiro atoms. The van der Waals surface area contributed by atoms with Gasteiger partial charge in [-0.3, -0.25) is 0 Å². The van der Waals surface area contributed by atoms with Crippen LogP contribution in [-0.2, 0) is 6.18 Å². The topological polar surface area (TPSA) is 17.8 Å². The van der Waals surface area contributed by atoms with Crippen LogP contribution in [0.25, 0.3) is 39.1 Å². The first-order chi connectivity index (χ1) is 15.4. The zero-order valence-corrected chi connectivity index (χ0v) is 17.3. The van der Waals surface area contributed by atoms with Gasteiger partial charge in [-0.25, -0.2) is 4.98 Å². The van der Waals surface area contributed by atoms with Crippen LogP contribution in [-0.4, -0.2) is 9.55 Å². The van der Waals surface area contributed by atoms with Gasteiger partial charge in [-0.1, -0.05) is 60.7 Å². The lowest BCUT2D eigenvalue weighted by Crippen LogP contribution is -2.05. The Morgan fingerprint density at radius 2 is 1.44 bits per heavy atom. The summed E-state index contributed by atoms with van der Waals surface area (Å²) in [6.45, 7) is 1.96. The van der Waals surface area contributed by atoms with Crippen LogP contribution in [0.5, 0.6) is 0 Å². The molecule has 0 fully saturated rings. The molecule has 0 bridgehead atoms. The molecule has 0 saturated heterocycles. The number of rotatable bonds is 3. The number of halogens is 3. The van der Waals surface area contributed by atoms with E-state index in [2.05, 4.69) is 0 Å². The van der Waals surface area contributed by atoms with Crippen LogP contribution in [0.2, 0.25) is 0 Å². The van der Waals surface area contributed by atoms with Crippen molar-refractivity contribution in [3.63, 3.8) is 0 Å². The van der Waals surface area contributed by atoms with E-state index < -0.39 is 11.7 Å². The van der Waals surface area contributed by atoms with E-state index in [4.69, 9.17) is 4.98 Å². The molecule has 0 N–H and O–H groups in total. The summed E-state index contributed by atoms with van der Waals surface area (Å²) in [5.41, 5.74) is 4.52. The Morgan fingerprint density at radius 3 is 2.16 bits per heavy atom. The summed E-state index contributed by atoms with van der Waals surface area (Å²) in [6, 6.07) is 27.1. The molecule has 5 rings (SSSR count). The van der Waals surface area contributed by atoms with E-state index in [9.17, 15) is 13.2 Å². The molecule has 0 aliphatic rings. The molecule has 32 heavy (non-hydrogen) atoms. The molecule has 0 aliphatic heterocycles. The monoisotopic (exact) mass is 428 g/mol. The van der Waals surface area contributed by atoms with Gasteiger partial charge in [-0.15, -0.1) is 0 Å². The van der Waals surface area contributed by atoms with E-state index in [1.807, 2.05) is 84.4 Å². The third kappa shape index (κ3) is 3.56. The van der Waals surface area contributed by atoms with Crippen LogP contribution >= 0.6 is 0 Å². The van der Waals surface area contributed by atoms with Gasteiger partial charge in [0.15, 0.2) is 0 Å². The number of fused-ring (bicyclic) bond motifs is 1. The van der Waals surface area contributed by atoms with Gasteiger partial charge in [0.1, 0.15) is 5.82 Å². The lowest BCUT2D eigenvalue weighted by atomic mass is 9.97. The van der Waals surface area contributed by atoms with Crippen LogP contribution < -0.4 is 0 Å². The number of aromatic nitrogens is 2. The molecule has 5 aromatic rings. The van der Waals surface area contributed by atoms with Crippen molar-refractivity contribution in [2.45, 2.75) is 13.1 Å². The van der Waals surface area contributed by atoms with Crippen LogP contribution in [0.3, 0.4) is 0 Å². The average Bonchev–Trinajstić information content (AvgIpc) is 3.23. The number of hydrogen-bond acceptors (Lipinski definition) is 1. The maximum atomic E-state index is 13.1. The molecular weight excluding hydrogens is 409 g/mol. The Morgan fingerprint density at radius 1 is 0.750 bits per heavy atom. The van der Waals surface area contributed by atoms with Crippen molar-refractivity contribution in [2.75, 3.05) is 0 Å². The number of benzene rings is 3. The molecule has 0 aliphatic carbocycles. The summed E-state index contributed by atoms with van der Waals surface area (Å²) < 4.78 is 41.2. The Labute approximate surface area is 183 Å². The van der Waals surface area contributed by atoms with Crippen molar-refractivity contribution >= 4 is 10.9 Å². The Hall–Kier alpha value is -3.86. The molecular formula is C27H19F3N2. The van der Waals surface area contributed by atoms with Crippen LogP contribution in [0.1, 0.15) is 11.1 Å². The largest absolute Gasteiger partial charge is 0.416 e. The molecule has 2 heterocycles. The predicted molar refractivity (Wildman–Crippen MR) is 122 cm³/mol. The fourth-order valence-corrected chi connectivity index (χ4v) is 3.99. The highest BCUT2D eigenvalue weighted by Gasteiger charge is 2.30. The second-order valence-corrected chi connectivity index (χ2v) is 7.69. The van der Waals surface area contributed by atoms with Crippen molar-refractivity contribution < 1.29 is 13.2 Å². The smallest absolute Gasteiger partial charge is 0.301 e. The molecule has 5 heteroatoms. The normalized spacial score (nSPS) is 11.8. The minimum Gasteiger partial charge on any atom is -0.301 e. The van der Waals surface area contributed by atoms with Crippen molar-refractivity contribution in [2.24, 2.45) is 0 Å². The van der Waals surface area contributed by atoms with E-state index in [1.165, 1.54) is 12.1 Å². The second-order valence-electron chi connectivity index (χ2n) is 7.69. The van der Waals surface area contributed by atoms with Crippen LogP contribution in [0.4, 0.5) is 13.2 Å². The van der Waals surface area contributed by atoms with Gasteiger partial charge in [-0.2, -0.15) is 13.2 Å². The maximum absolute atomic E-state index is 13.1. The number of nitrogens with zero attached hydrogens (tertiary/aromatic N) is 2. The Balaban J connectivity index is 1.74. The standard InChI is InChI=1S/C27H19F3N2/c1-18-23(19-11-13-22(14-12-19)27(28,29)30)17-24(20-7-3-2-4-8-20)31-26(18)32-16-15-21-9-5-6-10-25(21)32/h2-17H,1H3. The molecule has 2 nitrogen and oxygen atoms in total. The first-order valence-corrected chi connectivity index (χ1v) is 10.2. The van der Waals surface area contributed by atoms with E-state index in [1.54, 1.807) is 0 Å². The molecule has 0 atom stereocenters. The minimum atomic E-state index is -4.36. The highest BCUT2D eigenvalue weighted by molar-refractivity contribution is 5.83. The summed E-state index contributed by atoms with van der Waals surface area (Å²) in [4.78, 5) is 4.96. The molecule has 3 aromatic carbocycles. The Bertz CT molecular complexity index is 1400. The van der Waals surface area contributed by atoms with Gasteiger partial charge >= 0.3 is 6.18 Å². The van der Waals surface area contributed by atoms with E-state index >= 15 is 0 Å². The third-order valence-corrected chi connectivity index (χ3v) is 5.67. The summed E-state index contributed by atoms with van der Waals surface area (Å²) >= 11 is 0.